The lowest BCUT2D eigenvalue weighted by Gasteiger charge is -2.18. The van der Waals surface area contributed by atoms with Gasteiger partial charge in [-0.25, -0.2) is 0 Å². The maximum Gasteiger partial charge on any atom is 0.258 e. The number of hydrogen-bond acceptors (Lipinski definition) is 5. The largest absolute Gasteiger partial charge is 0.339 e. The van der Waals surface area contributed by atoms with Crippen molar-refractivity contribution < 1.29 is 14.4 Å². The molecule has 0 aliphatic heterocycles. The van der Waals surface area contributed by atoms with E-state index >= 15 is 0 Å². The topological polar surface area (TPSA) is 91.4 Å². The summed E-state index contributed by atoms with van der Waals surface area (Å²) in [4.78, 5) is 45.6. The SMILES string of the molecule is CCN(CC)C(=O)c1ccc(NC(=O)c2c(NC(=O)c3cccnc3)sc3c2CCCC3)cc1. The predicted molar refractivity (Wildman–Crippen MR) is 135 cm³/mol. The second-order valence-corrected chi connectivity index (χ2v) is 9.22. The van der Waals surface area contributed by atoms with Crippen molar-refractivity contribution in [2.45, 2.75) is 39.5 Å². The lowest BCUT2D eigenvalue weighted by molar-refractivity contribution is 0.0772. The quantitative estimate of drug-likeness (QED) is 0.502. The van der Waals surface area contributed by atoms with Gasteiger partial charge in [0.2, 0.25) is 0 Å². The first-order chi connectivity index (χ1) is 16.5. The Morgan fingerprint density at radius 1 is 0.941 bits per heavy atom. The third-order valence-corrected chi connectivity index (χ3v) is 7.20. The van der Waals surface area contributed by atoms with Gasteiger partial charge >= 0.3 is 0 Å². The summed E-state index contributed by atoms with van der Waals surface area (Å²) < 4.78 is 0. The van der Waals surface area contributed by atoms with E-state index in [4.69, 9.17) is 0 Å². The number of benzene rings is 1. The summed E-state index contributed by atoms with van der Waals surface area (Å²) in [6, 6.07) is 10.3. The molecular formula is C26H28N4O3S. The van der Waals surface area contributed by atoms with Crippen LogP contribution in [0.4, 0.5) is 10.7 Å². The molecule has 3 amide bonds. The highest BCUT2D eigenvalue weighted by Gasteiger charge is 2.27. The first-order valence-corrected chi connectivity index (χ1v) is 12.4. The minimum atomic E-state index is -0.292. The molecule has 0 saturated heterocycles. The number of fused-ring (bicyclic) bond motifs is 1. The lowest BCUT2D eigenvalue weighted by atomic mass is 9.95. The van der Waals surface area contributed by atoms with Gasteiger partial charge in [-0.15, -0.1) is 11.3 Å². The highest BCUT2D eigenvalue weighted by atomic mass is 32.1. The Bertz CT molecular complexity index is 1180. The van der Waals surface area contributed by atoms with Gasteiger partial charge in [0.05, 0.1) is 11.1 Å². The second kappa shape index (κ2) is 10.6. The lowest BCUT2D eigenvalue weighted by Crippen LogP contribution is -2.30. The summed E-state index contributed by atoms with van der Waals surface area (Å²) in [7, 11) is 0. The highest BCUT2D eigenvalue weighted by molar-refractivity contribution is 7.17. The number of nitrogens with one attached hydrogen (secondary N) is 2. The fourth-order valence-electron chi connectivity index (χ4n) is 4.15. The van der Waals surface area contributed by atoms with E-state index in [9.17, 15) is 14.4 Å². The van der Waals surface area contributed by atoms with Crippen molar-refractivity contribution in [3.05, 3.63) is 75.9 Å². The second-order valence-electron chi connectivity index (χ2n) is 8.12. The number of hydrogen-bond donors (Lipinski definition) is 2. The number of nitrogens with zero attached hydrogens (tertiary/aromatic N) is 2. The number of pyridine rings is 1. The number of aryl methyl sites for hydroxylation is 1. The molecule has 0 unspecified atom stereocenters. The molecule has 176 valence electrons. The van der Waals surface area contributed by atoms with Crippen LogP contribution in [0.3, 0.4) is 0 Å². The number of aromatic nitrogens is 1. The molecule has 0 bridgehead atoms. The minimum absolute atomic E-state index is 0.0322. The Morgan fingerprint density at radius 3 is 2.35 bits per heavy atom. The Morgan fingerprint density at radius 2 is 1.68 bits per heavy atom. The molecule has 0 spiro atoms. The normalized spacial score (nSPS) is 12.5. The highest BCUT2D eigenvalue weighted by Crippen LogP contribution is 2.38. The van der Waals surface area contributed by atoms with E-state index in [0.717, 1.165) is 36.1 Å². The van der Waals surface area contributed by atoms with Gasteiger partial charge in [-0.1, -0.05) is 0 Å². The molecule has 1 aromatic carbocycles. The molecule has 8 heteroatoms. The van der Waals surface area contributed by atoms with Crippen molar-refractivity contribution in [3.8, 4) is 0 Å². The summed E-state index contributed by atoms with van der Waals surface area (Å²) in [5.74, 6) is -0.584. The molecule has 3 aromatic rings. The minimum Gasteiger partial charge on any atom is -0.339 e. The Balaban J connectivity index is 1.56. The van der Waals surface area contributed by atoms with Gasteiger partial charge < -0.3 is 15.5 Å². The molecule has 0 fully saturated rings. The van der Waals surface area contributed by atoms with Crippen LogP contribution in [0.15, 0.2) is 48.8 Å². The summed E-state index contributed by atoms with van der Waals surface area (Å²) in [6.45, 7) is 5.18. The predicted octanol–water partition coefficient (Wildman–Crippen LogP) is 5.01. The maximum atomic E-state index is 13.4. The van der Waals surface area contributed by atoms with Crippen LogP contribution in [0.1, 0.15) is 68.2 Å². The zero-order valence-corrected chi connectivity index (χ0v) is 20.2. The Kier molecular flexibility index (Phi) is 7.37. The van der Waals surface area contributed by atoms with E-state index in [-0.39, 0.29) is 17.7 Å². The van der Waals surface area contributed by atoms with Crippen molar-refractivity contribution in [2.75, 3.05) is 23.7 Å². The number of carbonyl (C=O) groups is 3. The fourth-order valence-corrected chi connectivity index (χ4v) is 5.43. The molecule has 1 aliphatic rings. The Hall–Kier alpha value is -3.52. The summed E-state index contributed by atoms with van der Waals surface area (Å²) in [6.07, 6.45) is 6.93. The van der Waals surface area contributed by atoms with Gasteiger partial charge in [0.25, 0.3) is 17.7 Å². The van der Waals surface area contributed by atoms with E-state index in [2.05, 4.69) is 15.6 Å². The molecule has 7 nitrogen and oxygen atoms in total. The molecule has 0 radical (unpaired) electrons. The monoisotopic (exact) mass is 476 g/mol. The summed E-state index contributed by atoms with van der Waals surface area (Å²) in [5, 5.41) is 6.44. The van der Waals surface area contributed by atoms with Crippen molar-refractivity contribution in [2.24, 2.45) is 0 Å². The van der Waals surface area contributed by atoms with Gasteiger partial charge in [0.1, 0.15) is 5.00 Å². The van der Waals surface area contributed by atoms with Crippen LogP contribution in [0.5, 0.6) is 0 Å². The first-order valence-electron chi connectivity index (χ1n) is 11.6. The number of anilines is 2. The molecule has 2 aromatic heterocycles. The number of carbonyl (C=O) groups excluding carboxylic acids is 3. The standard InChI is InChI=1S/C26H28N4O3S/c1-3-30(4-2)26(33)17-11-13-19(14-12-17)28-24(32)22-20-9-5-6-10-21(20)34-25(22)29-23(31)18-8-7-15-27-16-18/h7-8,11-16H,3-6,9-10H2,1-2H3,(H,28,32)(H,29,31). The van der Waals surface area contributed by atoms with Crippen molar-refractivity contribution >= 4 is 39.7 Å². The van der Waals surface area contributed by atoms with Gasteiger partial charge in [-0.3, -0.25) is 19.4 Å². The van der Waals surface area contributed by atoms with Crippen LogP contribution in [0.2, 0.25) is 0 Å². The third kappa shape index (κ3) is 5.02. The van der Waals surface area contributed by atoms with Crippen LogP contribution in [0, 0.1) is 0 Å². The zero-order valence-electron chi connectivity index (χ0n) is 19.4. The molecule has 2 heterocycles. The van der Waals surface area contributed by atoms with E-state index in [1.54, 1.807) is 47.5 Å². The van der Waals surface area contributed by atoms with Crippen molar-refractivity contribution in [1.29, 1.82) is 0 Å². The maximum absolute atomic E-state index is 13.4. The van der Waals surface area contributed by atoms with Crippen LogP contribution >= 0.6 is 11.3 Å². The van der Waals surface area contributed by atoms with Crippen molar-refractivity contribution in [3.63, 3.8) is 0 Å². The van der Waals surface area contributed by atoms with Crippen LogP contribution in [0.25, 0.3) is 0 Å². The zero-order chi connectivity index (χ0) is 24.1. The van der Waals surface area contributed by atoms with Gasteiger partial charge in [-0.2, -0.15) is 0 Å². The molecule has 4 rings (SSSR count). The summed E-state index contributed by atoms with van der Waals surface area (Å²) in [5.41, 5.74) is 3.16. The average molecular weight is 477 g/mol. The molecule has 0 atom stereocenters. The molecule has 34 heavy (non-hydrogen) atoms. The van der Waals surface area contributed by atoms with Crippen LogP contribution in [-0.2, 0) is 12.8 Å². The first kappa shape index (κ1) is 23.6. The number of amides is 3. The van der Waals surface area contributed by atoms with Crippen LogP contribution in [-0.4, -0.2) is 40.7 Å². The van der Waals surface area contributed by atoms with E-state index < -0.39 is 0 Å². The van der Waals surface area contributed by atoms with E-state index in [1.165, 1.54) is 17.5 Å². The molecule has 2 N–H and O–H groups in total. The van der Waals surface area contributed by atoms with Gasteiger partial charge in [0.15, 0.2) is 0 Å². The molecule has 1 aliphatic carbocycles. The van der Waals surface area contributed by atoms with Gasteiger partial charge in [-0.05, 0) is 81.5 Å². The summed E-state index contributed by atoms with van der Waals surface area (Å²) >= 11 is 1.48. The van der Waals surface area contributed by atoms with E-state index in [1.807, 2.05) is 13.8 Å². The number of rotatable bonds is 7. The van der Waals surface area contributed by atoms with E-state index in [0.29, 0.717) is 40.5 Å². The van der Waals surface area contributed by atoms with Gasteiger partial charge in [0, 0.05) is 41.6 Å². The number of thiophene rings is 1. The van der Waals surface area contributed by atoms with Crippen LogP contribution < -0.4 is 10.6 Å². The fraction of sp³-hybridized carbons (Fsp3) is 0.308. The molecular weight excluding hydrogens is 448 g/mol. The molecule has 0 saturated carbocycles. The smallest absolute Gasteiger partial charge is 0.258 e. The Labute approximate surface area is 203 Å². The average Bonchev–Trinajstić information content (AvgIpc) is 3.23. The van der Waals surface area contributed by atoms with Crippen molar-refractivity contribution in [1.82, 2.24) is 9.88 Å². The third-order valence-electron chi connectivity index (χ3n) is 5.99.